The van der Waals surface area contributed by atoms with Gasteiger partial charge in [0.05, 0.1) is 10.5 Å². The van der Waals surface area contributed by atoms with E-state index >= 15 is 0 Å². The van der Waals surface area contributed by atoms with Crippen LogP contribution in [0.15, 0.2) is 24.3 Å². The van der Waals surface area contributed by atoms with Gasteiger partial charge in [0.15, 0.2) is 0 Å². The van der Waals surface area contributed by atoms with E-state index in [9.17, 15) is 19.7 Å². The van der Waals surface area contributed by atoms with Crippen molar-refractivity contribution in [1.82, 2.24) is 0 Å². The average Bonchev–Trinajstić information content (AvgIpc) is 2.92. The van der Waals surface area contributed by atoms with Gasteiger partial charge in [-0.25, -0.2) is 0 Å². The molecular weight excluding hydrogens is 342 g/mol. The van der Waals surface area contributed by atoms with Crippen molar-refractivity contribution in [3.63, 3.8) is 0 Å². The Morgan fingerprint density at radius 3 is 2.84 bits per heavy atom. The highest BCUT2D eigenvalue weighted by Crippen LogP contribution is 2.39. The monoisotopic (exact) mass is 359 g/mol. The van der Waals surface area contributed by atoms with Crippen molar-refractivity contribution in [3.8, 4) is 0 Å². The van der Waals surface area contributed by atoms with Gasteiger partial charge in [-0.3, -0.25) is 19.7 Å². The molecule has 0 fully saturated rings. The molecule has 0 spiro atoms. The van der Waals surface area contributed by atoms with Crippen LogP contribution in [0.4, 0.5) is 10.7 Å². The molecule has 0 radical (unpaired) electrons. The van der Waals surface area contributed by atoms with Gasteiger partial charge in [-0.15, -0.1) is 11.3 Å². The van der Waals surface area contributed by atoms with Crippen LogP contribution in [-0.4, -0.2) is 16.7 Å². The quantitative estimate of drug-likeness (QED) is 0.644. The number of hydrogen-bond acceptors (Lipinski definition) is 5. The fourth-order valence-corrected chi connectivity index (χ4v) is 4.29. The van der Waals surface area contributed by atoms with Crippen molar-refractivity contribution < 1.29 is 14.5 Å². The number of non-ortho nitro benzene ring substituents is 1. The van der Waals surface area contributed by atoms with Crippen molar-refractivity contribution >= 4 is 33.8 Å². The molecule has 0 bridgehead atoms. The lowest BCUT2D eigenvalue weighted by atomic mass is 9.87. The van der Waals surface area contributed by atoms with Crippen LogP contribution in [0.5, 0.6) is 0 Å². The molecule has 7 nitrogen and oxygen atoms in total. The number of hydrogen-bond donors (Lipinski definition) is 2. The predicted molar refractivity (Wildman–Crippen MR) is 95.1 cm³/mol. The summed E-state index contributed by atoms with van der Waals surface area (Å²) >= 11 is 1.36. The number of nitrogens with zero attached hydrogens (tertiary/aromatic N) is 1. The minimum Gasteiger partial charge on any atom is -0.365 e. The molecule has 0 saturated carbocycles. The Balaban J connectivity index is 1.93. The van der Waals surface area contributed by atoms with Gasteiger partial charge in [-0.2, -0.15) is 0 Å². The Morgan fingerprint density at radius 1 is 1.40 bits per heavy atom. The van der Waals surface area contributed by atoms with Crippen molar-refractivity contribution in [2.45, 2.75) is 26.2 Å². The smallest absolute Gasteiger partial charge is 0.270 e. The first-order valence-electron chi connectivity index (χ1n) is 7.87. The lowest BCUT2D eigenvalue weighted by Crippen LogP contribution is -2.19. The summed E-state index contributed by atoms with van der Waals surface area (Å²) in [5, 5.41) is 14.0. The maximum absolute atomic E-state index is 12.5. The second-order valence-corrected chi connectivity index (χ2v) is 7.29. The number of carbonyl (C=O) groups excluding carboxylic acids is 2. The van der Waals surface area contributed by atoms with Crippen molar-refractivity contribution in [2.75, 3.05) is 5.32 Å². The first-order valence-corrected chi connectivity index (χ1v) is 8.68. The molecule has 1 unspecified atom stereocenters. The Kier molecular flexibility index (Phi) is 4.54. The minimum absolute atomic E-state index is 0.157. The first-order chi connectivity index (χ1) is 11.9. The van der Waals surface area contributed by atoms with Crippen LogP contribution in [0, 0.1) is 16.0 Å². The van der Waals surface area contributed by atoms with Crippen LogP contribution in [-0.2, 0) is 12.8 Å². The molecule has 3 rings (SSSR count). The Labute approximate surface area is 148 Å². The number of fused-ring (bicyclic) bond motifs is 1. The van der Waals surface area contributed by atoms with Crippen LogP contribution in [0.25, 0.3) is 0 Å². The molecule has 1 aliphatic rings. The predicted octanol–water partition coefficient (Wildman–Crippen LogP) is 3.13. The third-order valence-electron chi connectivity index (χ3n) is 4.30. The zero-order valence-electron chi connectivity index (χ0n) is 13.6. The fourth-order valence-electron chi connectivity index (χ4n) is 3.04. The number of nitrogens with two attached hydrogens (primary N) is 1. The molecule has 3 N–H and O–H groups in total. The van der Waals surface area contributed by atoms with E-state index in [0.29, 0.717) is 16.5 Å². The van der Waals surface area contributed by atoms with Crippen LogP contribution < -0.4 is 11.1 Å². The summed E-state index contributed by atoms with van der Waals surface area (Å²) in [6.07, 6.45) is 2.65. The molecule has 0 aliphatic heterocycles. The molecule has 2 amide bonds. The summed E-state index contributed by atoms with van der Waals surface area (Å²) in [5.74, 6) is -0.612. The standard InChI is InChI=1S/C17H17N3O4S/c1-9-5-6-13-12(7-9)14(15(18)21)17(25-13)19-16(22)10-3-2-4-11(8-10)20(23)24/h2-4,8-9H,5-7H2,1H3,(H2,18,21)(H,19,22). The van der Waals surface area contributed by atoms with Crippen LogP contribution >= 0.6 is 11.3 Å². The number of benzene rings is 1. The van der Waals surface area contributed by atoms with Gasteiger partial charge in [0.25, 0.3) is 17.5 Å². The molecule has 1 aromatic carbocycles. The van der Waals surface area contributed by atoms with Gasteiger partial charge in [-0.05, 0) is 36.8 Å². The van der Waals surface area contributed by atoms with Crippen molar-refractivity contribution in [3.05, 3.63) is 55.9 Å². The van der Waals surface area contributed by atoms with Crippen molar-refractivity contribution in [1.29, 1.82) is 0 Å². The highest BCUT2D eigenvalue weighted by molar-refractivity contribution is 7.17. The van der Waals surface area contributed by atoms with Crippen LogP contribution in [0.2, 0.25) is 0 Å². The normalized spacial score (nSPS) is 16.1. The van der Waals surface area contributed by atoms with Gasteiger partial charge in [0, 0.05) is 22.6 Å². The number of amides is 2. The number of carbonyl (C=O) groups is 2. The van der Waals surface area contributed by atoms with Crippen molar-refractivity contribution in [2.24, 2.45) is 11.7 Å². The van der Waals surface area contributed by atoms with Gasteiger partial charge in [-0.1, -0.05) is 13.0 Å². The van der Waals surface area contributed by atoms with Gasteiger partial charge < -0.3 is 11.1 Å². The summed E-state index contributed by atoms with van der Waals surface area (Å²) in [6, 6.07) is 5.46. The molecule has 1 aromatic heterocycles. The topological polar surface area (TPSA) is 115 Å². The Bertz CT molecular complexity index is 875. The molecule has 0 saturated heterocycles. The average molecular weight is 359 g/mol. The van der Waals surface area contributed by atoms with E-state index in [2.05, 4.69) is 12.2 Å². The van der Waals surface area contributed by atoms with E-state index < -0.39 is 16.7 Å². The third-order valence-corrected chi connectivity index (χ3v) is 5.51. The molecular formula is C17H17N3O4S. The molecule has 1 heterocycles. The SMILES string of the molecule is CC1CCc2sc(NC(=O)c3cccc([N+](=O)[O-])c3)c(C(N)=O)c2C1. The molecule has 25 heavy (non-hydrogen) atoms. The van der Waals surface area contributed by atoms with E-state index in [-0.39, 0.29) is 11.3 Å². The summed E-state index contributed by atoms with van der Waals surface area (Å²) in [4.78, 5) is 35.7. The van der Waals surface area contributed by atoms with E-state index in [1.165, 1.54) is 35.6 Å². The van der Waals surface area contributed by atoms with Crippen LogP contribution in [0.3, 0.4) is 0 Å². The zero-order valence-corrected chi connectivity index (χ0v) is 14.4. The second kappa shape index (κ2) is 6.64. The van der Waals surface area contributed by atoms with Crippen LogP contribution in [0.1, 0.15) is 44.5 Å². The molecule has 130 valence electrons. The Hall–Kier alpha value is -2.74. The summed E-state index contributed by atoms with van der Waals surface area (Å²) in [6.45, 7) is 2.12. The third kappa shape index (κ3) is 3.39. The van der Waals surface area contributed by atoms with Gasteiger partial charge >= 0.3 is 0 Å². The van der Waals surface area contributed by atoms with E-state index in [1.807, 2.05) is 0 Å². The van der Waals surface area contributed by atoms with E-state index in [0.717, 1.165) is 29.7 Å². The first kappa shape index (κ1) is 17.1. The summed E-state index contributed by atoms with van der Waals surface area (Å²) < 4.78 is 0. The van der Waals surface area contributed by atoms with E-state index in [1.54, 1.807) is 0 Å². The van der Waals surface area contributed by atoms with Gasteiger partial charge in [0.1, 0.15) is 5.00 Å². The second-order valence-electron chi connectivity index (χ2n) is 6.18. The number of aryl methyl sites for hydroxylation is 1. The molecule has 1 aliphatic carbocycles. The highest BCUT2D eigenvalue weighted by Gasteiger charge is 2.27. The largest absolute Gasteiger partial charge is 0.365 e. The number of thiophene rings is 1. The fraction of sp³-hybridized carbons (Fsp3) is 0.294. The lowest BCUT2D eigenvalue weighted by Gasteiger charge is -2.18. The molecule has 2 aromatic rings. The number of rotatable bonds is 4. The number of nitro groups is 1. The highest BCUT2D eigenvalue weighted by atomic mass is 32.1. The summed E-state index contributed by atoms with van der Waals surface area (Å²) in [7, 11) is 0. The minimum atomic E-state index is -0.569. The summed E-state index contributed by atoms with van der Waals surface area (Å²) in [5.41, 5.74) is 6.81. The number of nitrogens with one attached hydrogen (secondary N) is 1. The van der Waals surface area contributed by atoms with Gasteiger partial charge in [0.2, 0.25) is 0 Å². The number of anilines is 1. The van der Waals surface area contributed by atoms with E-state index in [4.69, 9.17) is 5.73 Å². The number of primary amides is 1. The zero-order chi connectivity index (χ0) is 18.1. The number of nitro benzene ring substituents is 1. The Morgan fingerprint density at radius 2 is 2.16 bits per heavy atom. The maximum Gasteiger partial charge on any atom is 0.270 e. The molecule has 1 atom stereocenters. The molecule has 8 heteroatoms. The maximum atomic E-state index is 12.5. The lowest BCUT2D eigenvalue weighted by molar-refractivity contribution is -0.384.